The van der Waals surface area contributed by atoms with Crippen LogP contribution in [0.3, 0.4) is 0 Å². The van der Waals surface area contributed by atoms with Crippen LogP contribution in [0.1, 0.15) is 52.7 Å². The number of nitrogens with one attached hydrogen (secondary N) is 2. The summed E-state index contributed by atoms with van der Waals surface area (Å²) in [7, 11) is 0. The first-order valence-electron chi connectivity index (χ1n) is 11.6. The minimum absolute atomic E-state index is 0.0575. The summed E-state index contributed by atoms with van der Waals surface area (Å²) in [4.78, 5) is 36.6. The average Bonchev–Trinajstić information content (AvgIpc) is 3.17. The molecule has 1 aliphatic rings. The Morgan fingerprint density at radius 2 is 1.60 bits per heavy atom. The first-order valence-corrected chi connectivity index (χ1v) is 11.6. The number of hydrogen-bond acceptors (Lipinski definition) is 4. The summed E-state index contributed by atoms with van der Waals surface area (Å²) in [6.45, 7) is 3.83. The fourth-order valence-corrected chi connectivity index (χ4v) is 4.43. The zero-order valence-electron chi connectivity index (χ0n) is 19.7. The number of carboxylic acids is 1. The van der Waals surface area contributed by atoms with Crippen LogP contribution < -0.4 is 10.6 Å². The molecule has 4 rings (SSSR count). The van der Waals surface area contributed by atoms with Crippen LogP contribution in [-0.2, 0) is 9.53 Å². The molecule has 0 heterocycles. The molecule has 0 bridgehead atoms. The first-order chi connectivity index (χ1) is 16.9. The summed E-state index contributed by atoms with van der Waals surface area (Å²) in [6.07, 6.45) is 0.333. The smallest absolute Gasteiger partial charge is 0.411 e. The van der Waals surface area contributed by atoms with E-state index in [-0.39, 0.29) is 18.1 Å². The molecule has 0 aliphatic heterocycles. The third kappa shape index (κ3) is 5.19. The normalized spacial score (nSPS) is 12.9. The van der Waals surface area contributed by atoms with Crippen LogP contribution in [0.4, 0.5) is 10.5 Å². The van der Waals surface area contributed by atoms with E-state index in [1.54, 1.807) is 19.1 Å². The van der Waals surface area contributed by atoms with Gasteiger partial charge in [0.2, 0.25) is 0 Å². The molecule has 0 radical (unpaired) electrons. The molecule has 7 heteroatoms. The molecule has 2 amide bonds. The predicted molar refractivity (Wildman–Crippen MR) is 134 cm³/mol. The zero-order valence-corrected chi connectivity index (χ0v) is 19.7. The van der Waals surface area contributed by atoms with Gasteiger partial charge in [0.05, 0.1) is 0 Å². The summed E-state index contributed by atoms with van der Waals surface area (Å²) < 4.78 is 5.60. The average molecular weight is 473 g/mol. The molecule has 3 aromatic carbocycles. The molecule has 3 N–H and O–H groups in total. The maximum atomic E-state index is 12.7. The highest BCUT2D eigenvalue weighted by atomic mass is 16.5. The lowest BCUT2D eigenvalue weighted by Gasteiger charge is -2.16. The Kier molecular flexibility index (Phi) is 7.15. The Balaban J connectivity index is 1.43. The third-order valence-corrected chi connectivity index (χ3v) is 6.26. The number of carbonyl (C=O) groups is 3. The van der Waals surface area contributed by atoms with E-state index in [0.717, 1.165) is 27.8 Å². The van der Waals surface area contributed by atoms with E-state index in [1.165, 1.54) is 6.07 Å². The molecule has 3 aromatic rings. The molecule has 0 saturated carbocycles. The van der Waals surface area contributed by atoms with Crippen molar-refractivity contribution in [3.05, 3.63) is 89.0 Å². The quantitative estimate of drug-likeness (QED) is 0.411. The van der Waals surface area contributed by atoms with Crippen LogP contribution in [0.2, 0.25) is 0 Å². The number of carbonyl (C=O) groups excluding carboxylic acids is 2. The van der Waals surface area contributed by atoms with Crippen molar-refractivity contribution in [3.63, 3.8) is 0 Å². The Labute approximate surface area is 204 Å². The van der Waals surface area contributed by atoms with Gasteiger partial charge in [0.1, 0.15) is 12.6 Å². The second kappa shape index (κ2) is 10.4. The summed E-state index contributed by atoms with van der Waals surface area (Å²) in [5, 5.41) is 14.6. The lowest BCUT2D eigenvalue weighted by molar-refractivity contribution is -0.139. The van der Waals surface area contributed by atoms with Crippen molar-refractivity contribution in [1.82, 2.24) is 5.32 Å². The minimum Gasteiger partial charge on any atom is -0.480 e. The Morgan fingerprint density at radius 3 is 2.20 bits per heavy atom. The molecule has 0 aromatic heterocycles. The fourth-order valence-electron chi connectivity index (χ4n) is 4.43. The maximum absolute atomic E-state index is 12.7. The lowest BCUT2D eigenvalue weighted by Crippen LogP contribution is -2.40. The number of ether oxygens (including phenoxy) is 1. The largest absolute Gasteiger partial charge is 0.480 e. The maximum Gasteiger partial charge on any atom is 0.411 e. The first kappa shape index (κ1) is 24.0. The van der Waals surface area contributed by atoms with Gasteiger partial charge in [0.15, 0.2) is 0 Å². The van der Waals surface area contributed by atoms with E-state index < -0.39 is 24.0 Å². The van der Waals surface area contributed by atoms with Crippen LogP contribution in [0, 0.1) is 6.92 Å². The van der Waals surface area contributed by atoms with Gasteiger partial charge in [-0.05, 0) is 53.3 Å². The summed E-state index contributed by atoms with van der Waals surface area (Å²) >= 11 is 0. The highest BCUT2D eigenvalue weighted by Gasteiger charge is 2.29. The van der Waals surface area contributed by atoms with Crippen molar-refractivity contribution < 1.29 is 24.2 Å². The monoisotopic (exact) mass is 472 g/mol. The van der Waals surface area contributed by atoms with E-state index in [1.807, 2.05) is 31.2 Å². The summed E-state index contributed by atoms with van der Waals surface area (Å²) in [6, 6.07) is 20.1. The number of aryl methyl sites for hydroxylation is 1. The molecule has 0 spiro atoms. The van der Waals surface area contributed by atoms with Gasteiger partial charge in [-0.1, -0.05) is 67.9 Å². The molecule has 7 nitrogen and oxygen atoms in total. The molecule has 1 atom stereocenters. The number of aliphatic carboxylic acids is 1. The van der Waals surface area contributed by atoms with Gasteiger partial charge < -0.3 is 15.2 Å². The number of fused-ring (bicyclic) bond motifs is 3. The zero-order chi connectivity index (χ0) is 24.9. The van der Waals surface area contributed by atoms with Crippen molar-refractivity contribution >= 4 is 23.7 Å². The molecule has 35 heavy (non-hydrogen) atoms. The number of anilines is 1. The molecule has 180 valence electrons. The van der Waals surface area contributed by atoms with Gasteiger partial charge in [-0.3, -0.25) is 10.1 Å². The van der Waals surface area contributed by atoms with Gasteiger partial charge in [0, 0.05) is 17.2 Å². The van der Waals surface area contributed by atoms with Crippen LogP contribution in [0.15, 0.2) is 66.7 Å². The molecule has 1 aliphatic carbocycles. The van der Waals surface area contributed by atoms with Crippen LogP contribution in [0.25, 0.3) is 11.1 Å². The summed E-state index contributed by atoms with van der Waals surface area (Å²) in [5.74, 6) is -1.65. The number of hydrogen-bond donors (Lipinski definition) is 3. The van der Waals surface area contributed by atoms with E-state index in [4.69, 9.17) is 4.74 Å². The second-order valence-corrected chi connectivity index (χ2v) is 8.63. The van der Waals surface area contributed by atoms with Gasteiger partial charge in [-0.25, -0.2) is 9.59 Å². The molecular weight excluding hydrogens is 444 g/mol. The molecule has 0 saturated heterocycles. The number of benzene rings is 3. The minimum atomic E-state index is -1.08. The number of carboxylic acid groups (broad SMARTS) is 1. The Hall–Kier alpha value is -4.13. The van der Waals surface area contributed by atoms with E-state index in [0.29, 0.717) is 18.5 Å². The Bertz CT molecular complexity index is 1220. The lowest BCUT2D eigenvalue weighted by atomic mass is 9.98. The molecule has 0 fully saturated rings. The standard InChI is InChI=1S/C28H28N2O5/c1-3-8-24(27(32)33)29-26(31)18-14-13-17(2)25(15-18)30-28(34)35-16-23-21-11-6-4-9-19(21)20-10-5-7-12-22(20)23/h4-7,9-15,23-24H,3,8,16H2,1-2H3,(H,29,31)(H,30,34)(H,32,33)/t24-/m1/s1. The van der Waals surface area contributed by atoms with Crippen molar-refractivity contribution in [3.8, 4) is 11.1 Å². The highest BCUT2D eigenvalue weighted by molar-refractivity contribution is 5.98. The predicted octanol–water partition coefficient (Wildman–Crippen LogP) is 5.34. The van der Waals surface area contributed by atoms with Crippen LogP contribution >= 0.6 is 0 Å². The van der Waals surface area contributed by atoms with Crippen molar-refractivity contribution in [2.45, 2.75) is 38.6 Å². The SMILES string of the molecule is CCC[C@@H](NC(=O)c1ccc(C)c(NC(=O)OCC2c3ccccc3-c3ccccc32)c1)C(=O)O. The Morgan fingerprint density at radius 1 is 0.971 bits per heavy atom. The van der Waals surface area contributed by atoms with Crippen molar-refractivity contribution in [2.24, 2.45) is 0 Å². The van der Waals surface area contributed by atoms with Gasteiger partial charge in [-0.15, -0.1) is 0 Å². The van der Waals surface area contributed by atoms with Gasteiger partial charge >= 0.3 is 12.1 Å². The van der Waals surface area contributed by atoms with Crippen molar-refractivity contribution in [1.29, 1.82) is 0 Å². The van der Waals surface area contributed by atoms with Crippen molar-refractivity contribution in [2.75, 3.05) is 11.9 Å². The van der Waals surface area contributed by atoms with E-state index in [2.05, 4.69) is 34.9 Å². The number of rotatable bonds is 8. The molecule has 0 unspecified atom stereocenters. The fraction of sp³-hybridized carbons (Fsp3) is 0.250. The summed E-state index contributed by atoms with van der Waals surface area (Å²) in [5.41, 5.74) is 5.97. The highest BCUT2D eigenvalue weighted by Crippen LogP contribution is 2.44. The van der Waals surface area contributed by atoms with Gasteiger partial charge in [-0.2, -0.15) is 0 Å². The molecular formula is C28H28N2O5. The van der Waals surface area contributed by atoms with E-state index >= 15 is 0 Å². The number of amides is 2. The van der Waals surface area contributed by atoms with E-state index in [9.17, 15) is 19.5 Å². The topological polar surface area (TPSA) is 105 Å². The second-order valence-electron chi connectivity index (χ2n) is 8.63. The third-order valence-electron chi connectivity index (χ3n) is 6.26. The van der Waals surface area contributed by atoms with Gasteiger partial charge in [0.25, 0.3) is 5.91 Å². The van der Waals surface area contributed by atoms with Crippen LogP contribution in [-0.4, -0.2) is 35.7 Å². The van der Waals surface area contributed by atoms with Crippen LogP contribution in [0.5, 0.6) is 0 Å².